The van der Waals surface area contributed by atoms with Crippen molar-refractivity contribution in [3.8, 4) is 0 Å². The molecule has 0 fully saturated rings. The number of carbonyl (C=O) groups excluding carboxylic acids is 2. The molecule has 0 radical (unpaired) electrons. The zero-order valence-corrected chi connectivity index (χ0v) is 17.3. The average molecular weight is 441 g/mol. The number of Topliss-reactive ketones (excluding diaryl/α,β-unsaturated/α-hetero) is 1. The molecule has 4 rings (SSSR count). The van der Waals surface area contributed by atoms with Crippen molar-refractivity contribution in [1.82, 2.24) is 0 Å². The molecule has 0 bridgehead atoms. The molecule has 1 atom stereocenters. The summed E-state index contributed by atoms with van der Waals surface area (Å²) in [4.78, 5) is 27.7. The lowest BCUT2D eigenvalue weighted by atomic mass is 9.88. The Morgan fingerprint density at radius 2 is 1.80 bits per heavy atom. The van der Waals surface area contributed by atoms with E-state index in [1.807, 2.05) is 6.07 Å². The highest BCUT2D eigenvalue weighted by molar-refractivity contribution is 6.31. The Balaban J connectivity index is 1.73. The smallest absolute Gasteiger partial charge is 0.264 e. The van der Waals surface area contributed by atoms with Gasteiger partial charge in [-0.15, -0.1) is 0 Å². The maximum atomic E-state index is 13.4. The van der Waals surface area contributed by atoms with Crippen molar-refractivity contribution in [1.29, 1.82) is 0 Å². The summed E-state index contributed by atoms with van der Waals surface area (Å²) in [6.45, 7) is 0.155. The fourth-order valence-corrected chi connectivity index (χ4v) is 4.06. The van der Waals surface area contributed by atoms with Crippen LogP contribution in [0.15, 0.2) is 66.7 Å². The number of carbonyl (C=O) groups is 2. The third-order valence-electron chi connectivity index (χ3n) is 5.21. The molecule has 30 heavy (non-hydrogen) atoms. The Hall–Kier alpha value is -2.86. The predicted octanol–water partition coefficient (Wildman–Crippen LogP) is 4.58. The van der Waals surface area contributed by atoms with E-state index >= 15 is 0 Å². The number of fused-ring (bicyclic) bond motifs is 1. The molecule has 3 N–H and O–H groups in total. The Kier molecular flexibility index (Phi) is 5.28. The van der Waals surface area contributed by atoms with Crippen molar-refractivity contribution in [2.45, 2.75) is 18.6 Å². The van der Waals surface area contributed by atoms with E-state index in [0.717, 1.165) is 5.56 Å². The van der Waals surface area contributed by atoms with Crippen molar-refractivity contribution in [3.63, 3.8) is 0 Å². The van der Waals surface area contributed by atoms with Crippen molar-refractivity contribution < 1.29 is 14.7 Å². The molecule has 0 aliphatic carbocycles. The minimum Gasteiger partial charge on any atom is -0.399 e. The van der Waals surface area contributed by atoms with Gasteiger partial charge in [0.2, 0.25) is 0 Å². The molecule has 7 heteroatoms. The molecule has 3 aromatic rings. The summed E-state index contributed by atoms with van der Waals surface area (Å²) in [7, 11) is 0. The first-order chi connectivity index (χ1) is 14.3. The third-order valence-corrected chi connectivity index (χ3v) is 5.81. The summed E-state index contributed by atoms with van der Waals surface area (Å²) < 4.78 is 0. The second-order valence-corrected chi connectivity index (χ2v) is 8.07. The highest BCUT2D eigenvalue weighted by atomic mass is 35.5. The van der Waals surface area contributed by atoms with Crippen LogP contribution in [0, 0.1) is 0 Å². The van der Waals surface area contributed by atoms with Crippen LogP contribution < -0.4 is 10.6 Å². The minimum atomic E-state index is -2.04. The monoisotopic (exact) mass is 440 g/mol. The number of amides is 1. The SMILES string of the molecule is Nc1cccc(C(=O)C[C@]2(O)C(=O)N(Cc3ccccc3Cl)c3ccc(Cl)cc32)c1. The van der Waals surface area contributed by atoms with Crippen molar-refractivity contribution in [2.75, 3.05) is 10.6 Å². The van der Waals surface area contributed by atoms with Crippen molar-refractivity contribution in [3.05, 3.63) is 93.5 Å². The van der Waals surface area contributed by atoms with Gasteiger partial charge >= 0.3 is 0 Å². The molecule has 1 aliphatic rings. The number of hydrogen-bond donors (Lipinski definition) is 2. The predicted molar refractivity (Wildman–Crippen MR) is 118 cm³/mol. The molecular weight excluding hydrogens is 423 g/mol. The lowest BCUT2D eigenvalue weighted by molar-refractivity contribution is -0.136. The molecule has 0 spiro atoms. The summed E-state index contributed by atoms with van der Waals surface area (Å²) in [6.07, 6.45) is -0.429. The zero-order chi connectivity index (χ0) is 21.5. The number of nitrogens with two attached hydrogens (primary N) is 1. The van der Waals surface area contributed by atoms with Gasteiger partial charge in [-0.25, -0.2) is 0 Å². The summed E-state index contributed by atoms with van der Waals surface area (Å²) in [5.74, 6) is -0.999. The van der Waals surface area contributed by atoms with Crippen molar-refractivity contribution in [2.24, 2.45) is 0 Å². The number of nitrogen functional groups attached to an aromatic ring is 1. The lowest BCUT2D eigenvalue weighted by Crippen LogP contribution is -2.41. The number of rotatable bonds is 5. The number of anilines is 2. The van der Waals surface area contributed by atoms with Crippen LogP contribution in [0.2, 0.25) is 10.0 Å². The van der Waals surface area contributed by atoms with Gasteiger partial charge in [-0.05, 0) is 42.0 Å². The van der Waals surface area contributed by atoms with E-state index in [0.29, 0.717) is 32.5 Å². The second kappa shape index (κ2) is 7.76. The Morgan fingerprint density at radius 1 is 1.03 bits per heavy atom. The topological polar surface area (TPSA) is 83.6 Å². The molecule has 5 nitrogen and oxygen atoms in total. The van der Waals surface area contributed by atoms with E-state index < -0.39 is 23.7 Å². The van der Waals surface area contributed by atoms with E-state index in [1.165, 1.54) is 17.0 Å². The number of ketones is 1. The van der Waals surface area contributed by atoms with Crippen LogP contribution in [-0.4, -0.2) is 16.8 Å². The molecule has 0 unspecified atom stereocenters. The zero-order valence-electron chi connectivity index (χ0n) is 15.8. The normalized spacial score (nSPS) is 17.8. The first-order valence-electron chi connectivity index (χ1n) is 9.26. The average Bonchev–Trinajstić information content (AvgIpc) is 2.91. The Bertz CT molecular complexity index is 1160. The van der Waals surface area contributed by atoms with Crippen LogP contribution >= 0.6 is 23.2 Å². The summed E-state index contributed by atoms with van der Waals surface area (Å²) in [6, 6.07) is 18.4. The van der Waals surface area contributed by atoms with Crippen LogP contribution in [0.25, 0.3) is 0 Å². The fraction of sp³-hybridized carbons (Fsp3) is 0.130. The van der Waals surface area contributed by atoms with Gasteiger partial charge in [0, 0.05) is 26.9 Å². The van der Waals surface area contributed by atoms with Crippen LogP contribution in [-0.2, 0) is 16.9 Å². The maximum Gasteiger partial charge on any atom is 0.264 e. The van der Waals surface area contributed by atoms with E-state index in [4.69, 9.17) is 28.9 Å². The molecule has 3 aromatic carbocycles. The standard InChI is InChI=1S/C23H18Cl2N2O3/c24-16-8-9-20-18(11-16)23(30,12-21(28)14-5-3-6-17(26)10-14)22(29)27(20)13-15-4-1-2-7-19(15)25/h1-11,30H,12-13,26H2/t23-/m1/s1. The quantitative estimate of drug-likeness (QED) is 0.449. The van der Waals surface area contributed by atoms with Crippen LogP contribution in [0.3, 0.4) is 0 Å². The summed E-state index contributed by atoms with van der Waals surface area (Å²) in [5, 5.41) is 12.3. The van der Waals surface area contributed by atoms with Gasteiger partial charge < -0.3 is 15.7 Å². The number of halogens is 2. The highest BCUT2D eigenvalue weighted by Crippen LogP contribution is 2.45. The molecule has 0 saturated carbocycles. The van der Waals surface area contributed by atoms with Gasteiger partial charge in [0.15, 0.2) is 11.4 Å². The number of aliphatic hydroxyl groups is 1. The van der Waals surface area contributed by atoms with Gasteiger partial charge in [-0.2, -0.15) is 0 Å². The van der Waals surface area contributed by atoms with Crippen LogP contribution in [0.5, 0.6) is 0 Å². The highest BCUT2D eigenvalue weighted by Gasteiger charge is 2.51. The third kappa shape index (κ3) is 3.56. The van der Waals surface area contributed by atoms with Gasteiger partial charge in [-0.3, -0.25) is 9.59 Å². The second-order valence-electron chi connectivity index (χ2n) is 7.23. The van der Waals surface area contributed by atoms with E-state index in [-0.39, 0.29) is 6.54 Å². The van der Waals surface area contributed by atoms with Gasteiger partial charge in [0.1, 0.15) is 0 Å². The van der Waals surface area contributed by atoms with Crippen LogP contribution in [0.1, 0.15) is 27.9 Å². The van der Waals surface area contributed by atoms with Crippen LogP contribution in [0.4, 0.5) is 11.4 Å². The fourth-order valence-electron chi connectivity index (χ4n) is 3.69. The molecule has 0 aromatic heterocycles. The van der Waals surface area contributed by atoms with Crippen molar-refractivity contribution >= 4 is 46.3 Å². The summed E-state index contributed by atoms with van der Waals surface area (Å²) in [5.41, 5.74) is 5.98. The number of benzene rings is 3. The molecule has 1 amide bonds. The minimum absolute atomic E-state index is 0.155. The Labute approximate surface area is 183 Å². The van der Waals surface area contributed by atoms with Gasteiger partial charge in [0.05, 0.1) is 18.7 Å². The number of hydrogen-bond acceptors (Lipinski definition) is 4. The number of nitrogens with zero attached hydrogens (tertiary/aromatic N) is 1. The Morgan fingerprint density at radius 3 is 2.53 bits per heavy atom. The maximum absolute atomic E-state index is 13.4. The first kappa shape index (κ1) is 20.4. The molecule has 152 valence electrons. The van der Waals surface area contributed by atoms with E-state index in [9.17, 15) is 14.7 Å². The molecular formula is C23H18Cl2N2O3. The molecule has 1 heterocycles. The summed E-state index contributed by atoms with van der Waals surface area (Å²) >= 11 is 12.4. The largest absolute Gasteiger partial charge is 0.399 e. The van der Waals surface area contributed by atoms with E-state index in [2.05, 4.69) is 0 Å². The molecule has 0 saturated heterocycles. The lowest BCUT2D eigenvalue weighted by Gasteiger charge is -2.23. The van der Waals surface area contributed by atoms with E-state index in [1.54, 1.807) is 48.5 Å². The first-order valence-corrected chi connectivity index (χ1v) is 10.0. The van der Waals surface area contributed by atoms with Gasteiger partial charge in [-0.1, -0.05) is 53.5 Å². The van der Waals surface area contributed by atoms with Gasteiger partial charge in [0.25, 0.3) is 5.91 Å². The molecule has 1 aliphatic heterocycles.